The standard InChI is InChI=1S/C12H22ClNO/c13-9-11-3-1-6-14(7-5-11)10-12-4-2-8-15-12/h11-12H,1-10H2. The Labute approximate surface area is 97.9 Å². The van der Waals surface area contributed by atoms with Crippen LogP contribution in [0.1, 0.15) is 32.1 Å². The Hall–Kier alpha value is 0.210. The molecule has 0 aromatic rings. The molecule has 0 N–H and O–H groups in total. The molecule has 2 aliphatic heterocycles. The van der Waals surface area contributed by atoms with E-state index >= 15 is 0 Å². The SMILES string of the molecule is ClCC1CCCN(CC2CCCO2)CC1. The Morgan fingerprint density at radius 1 is 1.13 bits per heavy atom. The van der Waals surface area contributed by atoms with Crippen molar-refractivity contribution in [3.8, 4) is 0 Å². The Morgan fingerprint density at radius 3 is 2.80 bits per heavy atom. The highest BCUT2D eigenvalue weighted by Crippen LogP contribution is 2.20. The smallest absolute Gasteiger partial charge is 0.0702 e. The molecule has 2 rings (SSSR count). The zero-order valence-electron chi connectivity index (χ0n) is 9.46. The molecule has 2 aliphatic rings. The Bertz CT molecular complexity index is 182. The Balaban J connectivity index is 1.72. The second-order valence-electron chi connectivity index (χ2n) is 4.89. The first-order valence-electron chi connectivity index (χ1n) is 6.28. The summed E-state index contributed by atoms with van der Waals surface area (Å²) in [6.07, 6.45) is 6.92. The van der Waals surface area contributed by atoms with Crippen LogP contribution in [0.2, 0.25) is 0 Å². The normalized spacial score (nSPS) is 34.2. The summed E-state index contributed by atoms with van der Waals surface area (Å²) in [5.41, 5.74) is 0. The third-order valence-electron chi connectivity index (χ3n) is 3.64. The number of hydrogen-bond donors (Lipinski definition) is 0. The molecule has 2 heterocycles. The average molecular weight is 232 g/mol. The molecular weight excluding hydrogens is 210 g/mol. The van der Waals surface area contributed by atoms with E-state index < -0.39 is 0 Å². The van der Waals surface area contributed by atoms with Crippen LogP contribution in [0, 0.1) is 5.92 Å². The van der Waals surface area contributed by atoms with Crippen LogP contribution in [0.15, 0.2) is 0 Å². The fourth-order valence-corrected chi connectivity index (χ4v) is 2.95. The molecule has 0 radical (unpaired) electrons. The van der Waals surface area contributed by atoms with E-state index in [-0.39, 0.29) is 0 Å². The fourth-order valence-electron chi connectivity index (χ4n) is 2.64. The molecule has 2 fully saturated rings. The largest absolute Gasteiger partial charge is 0.377 e. The van der Waals surface area contributed by atoms with E-state index in [0.717, 1.165) is 24.9 Å². The van der Waals surface area contributed by atoms with E-state index in [2.05, 4.69) is 4.90 Å². The molecule has 2 saturated heterocycles. The number of likely N-dealkylation sites (tertiary alicyclic amines) is 1. The molecule has 0 bridgehead atoms. The lowest BCUT2D eigenvalue weighted by Crippen LogP contribution is -2.33. The van der Waals surface area contributed by atoms with Crippen molar-refractivity contribution in [2.75, 3.05) is 32.1 Å². The topological polar surface area (TPSA) is 12.5 Å². The number of rotatable bonds is 3. The lowest BCUT2D eigenvalue weighted by atomic mass is 10.0. The first kappa shape index (κ1) is 11.7. The van der Waals surface area contributed by atoms with Crippen LogP contribution in [-0.2, 0) is 4.74 Å². The Kier molecular flexibility index (Phi) is 4.73. The highest BCUT2D eigenvalue weighted by atomic mass is 35.5. The minimum Gasteiger partial charge on any atom is -0.377 e. The summed E-state index contributed by atoms with van der Waals surface area (Å²) < 4.78 is 5.68. The van der Waals surface area contributed by atoms with E-state index in [1.807, 2.05) is 0 Å². The predicted octanol–water partition coefficient (Wildman–Crippen LogP) is 2.51. The number of hydrogen-bond acceptors (Lipinski definition) is 2. The van der Waals surface area contributed by atoms with Crippen molar-refractivity contribution < 1.29 is 4.74 Å². The van der Waals surface area contributed by atoms with Crippen molar-refractivity contribution in [2.45, 2.75) is 38.2 Å². The highest BCUT2D eigenvalue weighted by molar-refractivity contribution is 6.18. The first-order valence-corrected chi connectivity index (χ1v) is 6.82. The number of nitrogens with zero attached hydrogens (tertiary/aromatic N) is 1. The molecule has 2 atom stereocenters. The van der Waals surface area contributed by atoms with Gasteiger partial charge < -0.3 is 9.64 Å². The predicted molar refractivity (Wildman–Crippen MR) is 63.5 cm³/mol. The monoisotopic (exact) mass is 231 g/mol. The van der Waals surface area contributed by atoms with Gasteiger partial charge in [0.05, 0.1) is 6.10 Å². The first-order chi connectivity index (χ1) is 7.38. The second kappa shape index (κ2) is 6.07. The van der Waals surface area contributed by atoms with Crippen LogP contribution in [0.5, 0.6) is 0 Å². The maximum Gasteiger partial charge on any atom is 0.0702 e. The van der Waals surface area contributed by atoms with Gasteiger partial charge in [-0.3, -0.25) is 0 Å². The molecular formula is C12H22ClNO. The van der Waals surface area contributed by atoms with Gasteiger partial charge in [-0.05, 0) is 51.1 Å². The number of alkyl halides is 1. The van der Waals surface area contributed by atoms with E-state index in [1.165, 1.54) is 45.2 Å². The summed E-state index contributed by atoms with van der Waals surface area (Å²) in [5.74, 6) is 1.59. The van der Waals surface area contributed by atoms with Gasteiger partial charge in [-0.15, -0.1) is 11.6 Å². The summed E-state index contributed by atoms with van der Waals surface area (Å²) in [6.45, 7) is 4.59. The van der Waals surface area contributed by atoms with Crippen LogP contribution < -0.4 is 0 Å². The van der Waals surface area contributed by atoms with Crippen molar-refractivity contribution in [1.29, 1.82) is 0 Å². The molecule has 15 heavy (non-hydrogen) atoms. The third kappa shape index (κ3) is 3.61. The third-order valence-corrected chi connectivity index (χ3v) is 4.08. The molecule has 0 saturated carbocycles. The van der Waals surface area contributed by atoms with E-state index in [0.29, 0.717) is 6.10 Å². The van der Waals surface area contributed by atoms with Gasteiger partial charge >= 0.3 is 0 Å². The van der Waals surface area contributed by atoms with Crippen molar-refractivity contribution in [3.63, 3.8) is 0 Å². The molecule has 88 valence electrons. The van der Waals surface area contributed by atoms with Crippen molar-refractivity contribution >= 4 is 11.6 Å². The summed E-state index contributed by atoms with van der Waals surface area (Å²) >= 11 is 5.93. The van der Waals surface area contributed by atoms with Crippen LogP contribution in [0.3, 0.4) is 0 Å². The van der Waals surface area contributed by atoms with Crippen molar-refractivity contribution in [1.82, 2.24) is 4.90 Å². The van der Waals surface area contributed by atoms with Gasteiger partial charge in [0.1, 0.15) is 0 Å². The summed E-state index contributed by atoms with van der Waals surface area (Å²) in [6, 6.07) is 0. The minimum absolute atomic E-state index is 0.512. The van der Waals surface area contributed by atoms with Gasteiger partial charge in [0.15, 0.2) is 0 Å². The van der Waals surface area contributed by atoms with E-state index in [9.17, 15) is 0 Å². The van der Waals surface area contributed by atoms with Crippen LogP contribution in [0.25, 0.3) is 0 Å². The molecule has 0 aromatic carbocycles. The molecule has 2 nitrogen and oxygen atoms in total. The molecule has 2 unspecified atom stereocenters. The zero-order chi connectivity index (χ0) is 10.5. The van der Waals surface area contributed by atoms with Crippen LogP contribution in [-0.4, -0.2) is 43.1 Å². The quantitative estimate of drug-likeness (QED) is 0.693. The number of ether oxygens (including phenoxy) is 1. The lowest BCUT2D eigenvalue weighted by Gasteiger charge is -2.23. The van der Waals surface area contributed by atoms with Gasteiger partial charge in [-0.25, -0.2) is 0 Å². The molecule has 0 amide bonds. The van der Waals surface area contributed by atoms with Gasteiger partial charge in [-0.2, -0.15) is 0 Å². The van der Waals surface area contributed by atoms with Crippen LogP contribution in [0.4, 0.5) is 0 Å². The fraction of sp³-hybridized carbons (Fsp3) is 1.00. The summed E-state index contributed by atoms with van der Waals surface area (Å²) in [5, 5.41) is 0. The van der Waals surface area contributed by atoms with Gasteiger partial charge in [0, 0.05) is 19.0 Å². The summed E-state index contributed by atoms with van der Waals surface area (Å²) in [4.78, 5) is 2.57. The molecule has 0 aromatic heterocycles. The van der Waals surface area contributed by atoms with E-state index in [4.69, 9.17) is 16.3 Å². The maximum atomic E-state index is 5.93. The van der Waals surface area contributed by atoms with Gasteiger partial charge in [-0.1, -0.05) is 0 Å². The maximum absolute atomic E-state index is 5.93. The summed E-state index contributed by atoms with van der Waals surface area (Å²) in [7, 11) is 0. The second-order valence-corrected chi connectivity index (χ2v) is 5.20. The molecule has 3 heteroatoms. The van der Waals surface area contributed by atoms with E-state index in [1.54, 1.807) is 0 Å². The average Bonchev–Trinajstić information content (AvgIpc) is 2.64. The minimum atomic E-state index is 0.512. The van der Waals surface area contributed by atoms with Crippen molar-refractivity contribution in [3.05, 3.63) is 0 Å². The highest BCUT2D eigenvalue weighted by Gasteiger charge is 2.21. The Morgan fingerprint density at radius 2 is 2.07 bits per heavy atom. The van der Waals surface area contributed by atoms with Crippen molar-refractivity contribution in [2.24, 2.45) is 5.92 Å². The van der Waals surface area contributed by atoms with Crippen LogP contribution >= 0.6 is 11.6 Å². The number of halogens is 1. The van der Waals surface area contributed by atoms with Gasteiger partial charge in [0.25, 0.3) is 0 Å². The lowest BCUT2D eigenvalue weighted by molar-refractivity contribution is 0.0740. The molecule has 0 spiro atoms. The van der Waals surface area contributed by atoms with Gasteiger partial charge in [0.2, 0.25) is 0 Å². The zero-order valence-corrected chi connectivity index (χ0v) is 10.2. The molecule has 0 aliphatic carbocycles.